The number of rotatable bonds is 6. The van der Waals surface area contributed by atoms with Crippen molar-refractivity contribution in [3.63, 3.8) is 0 Å². The summed E-state index contributed by atoms with van der Waals surface area (Å²) in [7, 11) is 0. The van der Waals surface area contributed by atoms with Crippen LogP contribution in [0.1, 0.15) is 36.1 Å². The van der Waals surface area contributed by atoms with Gasteiger partial charge >= 0.3 is 5.97 Å². The number of likely N-dealkylation sites (N-methyl/N-ethyl adjacent to an activating group) is 1. The number of carbonyl (C=O) groups excluding carboxylic acids is 1. The molecule has 24 heavy (non-hydrogen) atoms. The molecule has 9 heteroatoms. The van der Waals surface area contributed by atoms with Crippen LogP contribution in [0.15, 0.2) is 12.3 Å². The van der Waals surface area contributed by atoms with Crippen molar-refractivity contribution in [2.24, 2.45) is 0 Å². The van der Waals surface area contributed by atoms with E-state index in [9.17, 15) is 9.59 Å². The Morgan fingerprint density at radius 1 is 1.46 bits per heavy atom. The first-order chi connectivity index (χ1) is 11.5. The molecule has 1 amide bonds. The summed E-state index contributed by atoms with van der Waals surface area (Å²) >= 11 is 0. The number of aromatic nitrogens is 4. The van der Waals surface area contributed by atoms with Gasteiger partial charge in [0.1, 0.15) is 0 Å². The van der Waals surface area contributed by atoms with Crippen LogP contribution in [-0.4, -0.2) is 66.6 Å². The van der Waals surface area contributed by atoms with Crippen LogP contribution in [0, 0.1) is 6.92 Å². The largest absolute Gasteiger partial charge is 0.480 e. The minimum atomic E-state index is -0.832. The van der Waals surface area contributed by atoms with Crippen molar-refractivity contribution >= 4 is 17.7 Å². The maximum Gasteiger partial charge on any atom is 0.317 e. The smallest absolute Gasteiger partial charge is 0.317 e. The van der Waals surface area contributed by atoms with Gasteiger partial charge in [-0.25, -0.2) is 9.50 Å². The first-order valence-electron chi connectivity index (χ1n) is 7.93. The van der Waals surface area contributed by atoms with Crippen molar-refractivity contribution in [2.75, 3.05) is 13.1 Å². The number of aliphatic carboxylic acids is 1. The van der Waals surface area contributed by atoms with Gasteiger partial charge in [0.15, 0.2) is 0 Å². The van der Waals surface area contributed by atoms with Crippen LogP contribution in [0.4, 0.5) is 0 Å². The fourth-order valence-corrected chi connectivity index (χ4v) is 2.93. The third-order valence-electron chi connectivity index (χ3n) is 4.34. The predicted molar refractivity (Wildman–Crippen MR) is 84.7 cm³/mol. The van der Waals surface area contributed by atoms with Crippen LogP contribution in [0.2, 0.25) is 0 Å². The first kappa shape index (κ1) is 16.3. The number of nitrogens with one attached hydrogen (secondary N) is 1. The molecule has 0 saturated heterocycles. The normalized spacial score (nSPS) is 20.1. The fourth-order valence-electron chi connectivity index (χ4n) is 2.93. The molecule has 1 aliphatic rings. The highest BCUT2D eigenvalue weighted by atomic mass is 16.4. The molecule has 0 aromatic carbocycles. The third kappa shape index (κ3) is 3.21. The van der Waals surface area contributed by atoms with E-state index < -0.39 is 5.97 Å². The summed E-state index contributed by atoms with van der Waals surface area (Å²) in [5, 5.41) is 16.0. The lowest BCUT2D eigenvalue weighted by atomic mass is 9.85. The lowest BCUT2D eigenvalue weighted by Crippen LogP contribution is -2.54. The molecule has 128 valence electrons. The highest BCUT2D eigenvalue weighted by Crippen LogP contribution is 2.25. The van der Waals surface area contributed by atoms with Crippen molar-refractivity contribution in [3.05, 3.63) is 23.8 Å². The number of carbonyl (C=O) groups is 2. The zero-order chi connectivity index (χ0) is 17.3. The highest BCUT2D eigenvalue weighted by Gasteiger charge is 2.35. The number of nitrogens with zero attached hydrogens (tertiary/aromatic N) is 5. The van der Waals surface area contributed by atoms with E-state index in [1.165, 1.54) is 4.52 Å². The third-order valence-corrected chi connectivity index (χ3v) is 4.34. The van der Waals surface area contributed by atoms with Gasteiger partial charge in [0.25, 0.3) is 11.7 Å². The van der Waals surface area contributed by atoms with Crippen LogP contribution < -0.4 is 5.32 Å². The van der Waals surface area contributed by atoms with Gasteiger partial charge in [-0.3, -0.25) is 14.5 Å². The minimum Gasteiger partial charge on any atom is -0.480 e. The van der Waals surface area contributed by atoms with Crippen molar-refractivity contribution in [1.29, 1.82) is 0 Å². The second-order valence-corrected chi connectivity index (χ2v) is 5.99. The molecule has 1 fully saturated rings. The molecule has 1 saturated carbocycles. The van der Waals surface area contributed by atoms with Crippen molar-refractivity contribution in [2.45, 2.75) is 38.8 Å². The highest BCUT2D eigenvalue weighted by molar-refractivity contribution is 5.91. The quantitative estimate of drug-likeness (QED) is 0.771. The van der Waals surface area contributed by atoms with Crippen LogP contribution >= 0.6 is 0 Å². The monoisotopic (exact) mass is 332 g/mol. The van der Waals surface area contributed by atoms with Gasteiger partial charge < -0.3 is 10.4 Å². The molecule has 0 aliphatic heterocycles. The molecule has 2 N–H and O–H groups in total. The Bertz CT molecular complexity index is 768. The van der Waals surface area contributed by atoms with E-state index in [0.717, 1.165) is 18.5 Å². The van der Waals surface area contributed by atoms with Crippen LogP contribution in [-0.2, 0) is 4.79 Å². The lowest BCUT2D eigenvalue weighted by molar-refractivity contribution is -0.139. The number of carboxylic acid groups (broad SMARTS) is 1. The summed E-state index contributed by atoms with van der Waals surface area (Å²) in [5.41, 5.74) is 0.850. The van der Waals surface area contributed by atoms with E-state index in [1.54, 1.807) is 12.3 Å². The molecule has 0 radical (unpaired) electrons. The summed E-state index contributed by atoms with van der Waals surface area (Å²) in [6, 6.07) is 2.00. The molecule has 0 unspecified atom stereocenters. The fraction of sp³-hybridized carbons (Fsp3) is 0.533. The summed E-state index contributed by atoms with van der Waals surface area (Å²) in [5.74, 6) is -0.672. The van der Waals surface area contributed by atoms with Gasteiger partial charge in [-0.05, 0) is 32.4 Å². The Balaban J connectivity index is 1.58. The number of hydrogen-bond acceptors (Lipinski definition) is 6. The number of hydrogen-bond donors (Lipinski definition) is 2. The Hall–Kier alpha value is -2.55. The van der Waals surface area contributed by atoms with Gasteiger partial charge in [0.05, 0.1) is 6.54 Å². The second kappa shape index (κ2) is 6.52. The Morgan fingerprint density at radius 3 is 2.83 bits per heavy atom. The standard InChI is InChI=1S/C15H20N6O3/c1-3-20(8-12(22)23)11-6-10(7-11)17-14(24)13-18-15-16-5-4-9(2)21(15)19-13/h4-5,10-11H,3,6-8H2,1-2H3,(H,17,24)(H,22,23). The van der Waals surface area contributed by atoms with E-state index in [4.69, 9.17) is 5.11 Å². The molecule has 1 aliphatic carbocycles. The molecule has 0 atom stereocenters. The summed E-state index contributed by atoms with van der Waals surface area (Å²) < 4.78 is 1.53. The summed E-state index contributed by atoms with van der Waals surface area (Å²) in [6.45, 7) is 4.51. The molecule has 3 rings (SSSR count). The SMILES string of the molecule is CCN(CC(=O)O)C1CC(NC(=O)c2nc3nccc(C)n3n2)C1. The van der Waals surface area contributed by atoms with Gasteiger partial charge in [0, 0.05) is 24.0 Å². The predicted octanol–water partition coefficient (Wildman–Crippen LogP) is 0.100. The number of carboxylic acids is 1. The van der Waals surface area contributed by atoms with Crippen LogP contribution in [0.3, 0.4) is 0 Å². The van der Waals surface area contributed by atoms with Gasteiger partial charge in [-0.15, -0.1) is 5.10 Å². The van der Waals surface area contributed by atoms with Gasteiger partial charge in [-0.2, -0.15) is 4.98 Å². The molecule has 2 heterocycles. The van der Waals surface area contributed by atoms with E-state index in [-0.39, 0.29) is 30.4 Å². The van der Waals surface area contributed by atoms with Crippen LogP contribution in [0.25, 0.3) is 5.78 Å². The van der Waals surface area contributed by atoms with Crippen molar-refractivity contribution in [1.82, 2.24) is 29.8 Å². The Morgan fingerprint density at radius 2 is 2.21 bits per heavy atom. The lowest BCUT2D eigenvalue weighted by Gasteiger charge is -2.42. The van der Waals surface area contributed by atoms with Crippen LogP contribution in [0.5, 0.6) is 0 Å². The Labute approximate surface area is 138 Å². The minimum absolute atomic E-state index is 0.0195. The Kier molecular flexibility index (Phi) is 4.43. The van der Waals surface area contributed by atoms with E-state index in [2.05, 4.69) is 20.4 Å². The first-order valence-corrected chi connectivity index (χ1v) is 7.93. The van der Waals surface area contributed by atoms with E-state index in [0.29, 0.717) is 12.3 Å². The topological polar surface area (TPSA) is 113 Å². The zero-order valence-corrected chi connectivity index (χ0v) is 13.6. The second-order valence-electron chi connectivity index (χ2n) is 5.99. The molecule has 0 bridgehead atoms. The number of aryl methyl sites for hydroxylation is 1. The molecule has 2 aromatic rings. The summed E-state index contributed by atoms with van der Waals surface area (Å²) in [6.07, 6.45) is 3.09. The number of amides is 1. The van der Waals surface area contributed by atoms with E-state index in [1.807, 2.05) is 18.7 Å². The average molecular weight is 332 g/mol. The number of fused-ring (bicyclic) bond motifs is 1. The zero-order valence-electron chi connectivity index (χ0n) is 13.6. The molecule has 0 spiro atoms. The van der Waals surface area contributed by atoms with Gasteiger partial charge in [-0.1, -0.05) is 6.92 Å². The molecular formula is C15H20N6O3. The summed E-state index contributed by atoms with van der Waals surface area (Å²) in [4.78, 5) is 33.2. The van der Waals surface area contributed by atoms with Crippen molar-refractivity contribution in [3.8, 4) is 0 Å². The molecule has 2 aromatic heterocycles. The molecular weight excluding hydrogens is 312 g/mol. The average Bonchev–Trinajstić information content (AvgIpc) is 2.94. The maximum atomic E-state index is 12.3. The molecule has 9 nitrogen and oxygen atoms in total. The van der Waals surface area contributed by atoms with E-state index >= 15 is 0 Å². The van der Waals surface area contributed by atoms with Crippen molar-refractivity contribution < 1.29 is 14.7 Å². The van der Waals surface area contributed by atoms with Gasteiger partial charge in [0.2, 0.25) is 5.82 Å². The maximum absolute atomic E-state index is 12.3.